The number of anilines is 3. The van der Waals surface area contributed by atoms with Crippen LogP contribution >= 0.6 is 0 Å². The van der Waals surface area contributed by atoms with E-state index in [0.717, 1.165) is 11.3 Å². The molecule has 2 heterocycles. The van der Waals surface area contributed by atoms with Crippen LogP contribution in [0.1, 0.15) is 19.4 Å². The van der Waals surface area contributed by atoms with Crippen LogP contribution in [0.3, 0.4) is 0 Å². The topological polar surface area (TPSA) is 103 Å². The average molecular weight is 356 g/mol. The van der Waals surface area contributed by atoms with Crippen LogP contribution in [0.15, 0.2) is 30.6 Å². The van der Waals surface area contributed by atoms with Gasteiger partial charge in [0.25, 0.3) is 0 Å². The molecule has 9 nitrogen and oxygen atoms in total. The van der Waals surface area contributed by atoms with Crippen molar-refractivity contribution in [3.05, 3.63) is 36.2 Å². The summed E-state index contributed by atoms with van der Waals surface area (Å²) in [5.74, 6) is 1.40. The molecule has 136 valence electrons. The number of carbonyl (C=O) groups is 1. The van der Waals surface area contributed by atoms with Gasteiger partial charge in [0.15, 0.2) is 5.82 Å². The summed E-state index contributed by atoms with van der Waals surface area (Å²) in [6.07, 6.45) is 2.40. The monoisotopic (exact) mass is 356 g/mol. The lowest BCUT2D eigenvalue weighted by atomic mass is 10.2. The van der Waals surface area contributed by atoms with Gasteiger partial charge in [-0.05, 0) is 38.5 Å². The Balaban J connectivity index is 1.92. The number of methoxy groups -OCH3 is 1. The fraction of sp³-hybridized carbons (Fsp3) is 0.294. The molecule has 3 aromatic rings. The minimum atomic E-state index is -0.596. The van der Waals surface area contributed by atoms with E-state index < -0.39 is 6.09 Å². The third-order valence-electron chi connectivity index (χ3n) is 3.49. The predicted octanol–water partition coefficient (Wildman–Crippen LogP) is 3.14. The first-order chi connectivity index (χ1) is 12.5. The van der Waals surface area contributed by atoms with E-state index in [0.29, 0.717) is 17.2 Å². The second-order valence-electron chi connectivity index (χ2n) is 5.90. The first kappa shape index (κ1) is 17.5. The van der Waals surface area contributed by atoms with E-state index >= 15 is 0 Å². The maximum Gasteiger partial charge on any atom is 0.414 e. The fourth-order valence-corrected chi connectivity index (χ4v) is 2.38. The van der Waals surface area contributed by atoms with Gasteiger partial charge in [0, 0.05) is 12.4 Å². The molecule has 3 rings (SSSR count). The van der Waals surface area contributed by atoms with Crippen molar-refractivity contribution >= 4 is 29.2 Å². The molecule has 1 amide bonds. The molecular weight excluding hydrogens is 336 g/mol. The van der Waals surface area contributed by atoms with Crippen molar-refractivity contribution in [2.45, 2.75) is 26.9 Å². The van der Waals surface area contributed by atoms with E-state index in [1.807, 2.05) is 25.1 Å². The number of fused-ring (bicyclic) bond motifs is 1. The summed E-state index contributed by atoms with van der Waals surface area (Å²) in [5, 5.41) is 13.9. The van der Waals surface area contributed by atoms with E-state index in [9.17, 15) is 4.79 Å². The van der Waals surface area contributed by atoms with Crippen molar-refractivity contribution in [1.29, 1.82) is 0 Å². The standard InChI is InChI=1S/C17H20N6O3/c1-10(2)26-17(24)20-16-22-21-15-14(18-7-8-23(15)16)19-12-9-11(3)5-6-13(12)25-4/h5-10H,1-4H3,(H,18,19)(H,20,22,24). The van der Waals surface area contributed by atoms with Gasteiger partial charge in [0.05, 0.1) is 18.9 Å². The van der Waals surface area contributed by atoms with Gasteiger partial charge in [0.2, 0.25) is 11.6 Å². The Morgan fingerprint density at radius 1 is 1.27 bits per heavy atom. The van der Waals surface area contributed by atoms with E-state index in [-0.39, 0.29) is 12.1 Å². The number of benzene rings is 1. The van der Waals surface area contributed by atoms with Crippen molar-refractivity contribution in [3.63, 3.8) is 0 Å². The van der Waals surface area contributed by atoms with Crippen LogP contribution in [0.4, 0.5) is 22.2 Å². The molecule has 0 aliphatic carbocycles. The molecule has 0 atom stereocenters. The van der Waals surface area contributed by atoms with Gasteiger partial charge >= 0.3 is 6.09 Å². The van der Waals surface area contributed by atoms with Crippen LogP contribution in [0.25, 0.3) is 5.65 Å². The number of nitrogens with zero attached hydrogens (tertiary/aromatic N) is 4. The number of aryl methyl sites for hydroxylation is 1. The Morgan fingerprint density at radius 3 is 2.81 bits per heavy atom. The Labute approximate surface area is 150 Å². The highest BCUT2D eigenvalue weighted by Gasteiger charge is 2.15. The Morgan fingerprint density at radius 2 is 2.08 bits per heavy atom. The van der Waals surface area contributed by atoms with Crippen LogP contribution in [-0.4, -0.2) is 38.9 Å². The molecule has 1 aromatic carbocycles. The van der Waals surface area contributed by atoms with Gasteiger partial charge in [-0.15, -0.1) is 10.2 Å². The van der Waals surface area contributed by atoms with Gasteiger partial charge in [-0.3, -0.25) is 9.72 Å². The molecule has 0 aliphatic rings. The van der Waals surface area contributed by atoms with Crippen molar-refractivity contribution in [2.75, 3.05) is 17.7 Å². The minimum Gasteiger partial charge on any atom is -0.495 e. The van der Waals surface area contributed by atoms with E-state index in [1.165, 1.54) is 0 Å². The Hall–Kier alpha value is -3.36. The Bertz CT molecular complexity index is 937. The fourth-order valence-electron chi connectivity index (χ4n) is 2.38. The summed E-state index contributed by atoms with van der Waals surface area (Å²) in [6.45, 7) is 5.52. The second-order valence-corrected chi connectivity index (χ2v) is 5.90. The number of amides is 1. The summed E-state index contributed by atoms with van der Waals surface area (Å²) < 4.78 is 12.0. The lowest BCUT2D eigenvalue weighted by molar-refractivity contribution is 0.129. The SMILES string of the molecule is COc1ccc(C)cc1Nc1nccn2c(NC(=O)OC(C)C)nnc12. The molecule has 0 saturated heterocycles. The van der Waals surface area contributed by atoms with Crippen molar-refractivity contribution < 1.29 is 14.3 Å². The largest absolute Gasteiger partial charge is 0.495 e. The molecule has 0 saturated carbocycles. The number of rotatable bonds is 5. The lowest BCUT2D eigenvalue weighted by Gasteiger charge is -2.12. The van der Waals surface area contributed by atoms with Crippen LogP contribution in [0.5, 0.6) is 5.75 Å². The van der Waals surface area contributed by atoms with Crippen molar-refractivity contribution in [2.24, 2.45) is 0 Å². The second kappa shape index (κ2) is 7.26. The summed E-state index contributed by atoms with van der Waals surface area (Å²) >= 11 is 0. The molecule has 0 unspecified atom stereocenters. The molecule has 2 aromatic heterocycles. The number of hydrogen-bond acceptors (Lipinski definition) is 7. The quantitative estimate of drug-likeness (QED) is 0.724. The van der Waals surface area contributed by atoms with Crippen LogP contribution in [0, 0.1) is 6.92 Å². The molecular formula is C17H20N6O3. The maximum absolute atomic E-state index is 11.8. The van der Waals surface area contributed by atoms with Gasteiger partial charge in [0.1, 0.15) is 5.75 Å². The van der Waals surface area contributed by atoms with Gasteiger partial charge in [-0.1, -0.05) is 6.07 Å². The summed E-state index contributed by atoms with van der Waals surface area (Å²) in [5.41, 5.74) is 2.28. The highest BCUT2D eigenvalue weighted by atomic mass is 16.6. The lowest BCUT2D eigenvalue weighted by Crippen LogP contribution is -2.19. The minimum absolute atomic E-state index is 0.234. The molecule has 2 N–H and O–H groups in total. The van der Waals surface area contributed by atoms with Gasteiger partial charge in [-0.2, -0.15) is 0 Å². The highest BCUT2D eigenvalue weighted by molar-refractivity contribution is 5.83. The predicted molar refractivity (Wildman–Crippen MR) is 97.0 cm³/mol. The number of hydrogen-bond donors (Lipinski definition) is 2. The summed E-state index contributed by atoms with van der Waals surface area (Å²) in [4.78, 5) is 16.1. The molecule has 26 heavy (non-hydrogen) atoms. The van der Waals surface area contributed by atoms with Crippen LogP contribution in [0.2, 0.25) is 0 Å². The van der Waals surface area contributed by atoms with Crippen LogP contribution < -0.4 is 15.4 Å². The zero-order valence-corrected chi connectivity index (χ0v) is 15.0. The zero-order chi connectivity index (χ0) is 18.7. The summed E-state index contributed by atoms with van der Waals surface area (Å²) in [6, 6.07) is 5.77. The molecule has 9 heteroatoms. The number of aromatic nitrogens is 4. The normalized spacial score (nSPS) is 10.8. The molecule has 0 spiro atoms. The first-order valence-electron chi connectivity index (χ1n) is 8.07. The van der Waals surface area contributed by atoms with E-state index in [1.54, 1.807) is 37.8 Å². The molecule has 0 radical (unpaired) electrons. The number of ether oxygens (including phenoxy) is 2. The number of nitrogens with one attached hydrogen (secondary N) is 2. The zero-order valence-electron chi connectivity index (χ0n) is 15.0. The summed E-state index contributed by atoms with van der Waals surface area (Å²) in [7, 11) is 1.60. The van der Waals surface area contributed by atoms with Crippen molar-refractivity contribution in [1.82, 2.24) is 19.6 Å². The number of carbonyl (C=O) groups excluding carboxylic acids is 1. The molecule has 0 bridgehead atoms. The average Bonchev–Trinajstić information content (AvgIpc) is 2.98. The third kappa shape index (κ3) is 3.66. The smallest absolute Gasteiger partial charge is 0.414 e. The van der Waals surface area contributed by atoms with E-state index in [2.05, 4.69) is 25.8 Å². The van der Waals surface area contributed by atoms with E-state index in [4.69, 9.17) is 9.47 Å². The van der Waals surface area contributed by atoms with Gasteiger partial charge in [-0.25, -0.2) is 9.78 Å². The molecule has 0 fully saturated rings. The van der Waals surface area contributed by atoms with Gasteiger partial charge < -0.3 is 14.8 Å². The van der Waals surface area contributed by atoms with Crippen molar-refractivity contribution in [3.8, 4) is 5.75 Å². The molecule has 0 aliphatic heterocycles. The third-order valence-corrected chi connectivity index (χ3v) is 3.49. The Kier molecular flexibility index (Phi) is 4.87. The highest BCUT2D eigenvalue weighted by Crippen LogP contribution is 2.29. The van der Waals surface area contributed by atoms with Crippen LogP contribution in [-0.2, 0) is 4.74 Å². The maximum atomic E-state index is 11.8. The first-order valence-corrected chi connectivity index (χ1v) is 8.07.